The maximum Gasteiger partial charge on any atom is 0.161 e. The van der Waals surface area contributed by atoms with Crippen LogP contribution in [0.2, 0.25) is 0 Å². The molecule has 0 aromatic heterocycles. The lowest BCUT2D eigenvalue weighted by Gasteiger charge is -2.53. The van der Waals surface area contributed by atoms with E-state index in [0.29, 0.717) is 12.7 Å². The molecule has 0 radical (unpaired) electrons. The van der Waals surface area contributed by atoms with Gasteiger partial charge < -0.3 is 10.1 Å². The first kappa shape index (κ1) is 15.2. The van der Waals surface area contributed by atoms with E-state index in [2.05, 4.69) is 12.2 Å². The van der Waals surface area contributed by atoms with Crippen molar-refractivity contribution in [3.8, 4) is 0 Å². The third kappa shape index (κ3) is 2.51. The van der Waals surface area contributed by atoms with Crippen LogP contribution in [-0.2, 0) is 4.74 Å². The molecular formula is C15H20F3NO. The molecule has 1 aliphatic rings. The standard InChI is InChI=1S/C15H20F3NO/c1-4-15(3)13(8-14(15)20-5-2)19-12-7-10(17)9(16)6-11(12)18/h6-7,13-14,19H,4-5,8H2,1-3H3. The Bertz CT molecular complexity index is 494. The van der Waals surface area contributed by atoms with Gasteiger partial charge in [0.1, 0.15) is 5.82 Å². The van der Waals surface area contributed by atoms with E-state index in [1.807, 2.05) is 13.8 Å². The van der Waals surface area contributed by atoms with Gasteiger partial charge in [-0.15, -0.1) is 0 Å². The lowest BCUT2D eigenvalue weighted by molar-refractivity contribution is -0.109. The summed E-state index contributed by atoms with van der Waals surface area (Å²) in [5.74, 6) is -3.00. The van der Waals surface area contributed by atoms with E-state index in [1.54, 1.807) is 0 Å². The van der Waals surface area contributed by atoms with Crippen molar-refractivity contribution in [3.05, 3.63) is 29.6 Å². The minimum Gasteiger partial charge on any atom is -0.379 e. The summed E-state index contributed by atoms with van der Waals surface area (Å²) in [5, 5.41) is 2.98. The van der Waals surface area contributed by atoms with Gasteiger partial charge in [0.15, 0.2) is 11.6 Å². The van der Waals surface area contributed by atoms with Gasteiger partial charge in [0.2, 0.25) is 0 Å². The summed E-state index contributed by atoms with van der Waals surface area (Å²) >= 11 is 0. The van der Waals surface area contributed by atoms with E-state index in [1.165, 1.54) is 0 Å². The third-order valence-electron chi connectivity index (χ3n) is 4.45. The topological polar surface area (TPSA) is 21.3 Å². The number of rotatable bonds is 5. The minimum absolute atomic E-state index is 0.00326. The van der Waals surface area contributed by atoms with E-state index in [-0.39, 0.29) is 23.2 Å². The highest BCUT2D eigenvalue weighted by atomic mass is 19.2. The number of hydrogen-bond acceptors (Lipinski definition) is 2. The van der Waals surface area contributed by atoms with Gasteiger partial charge in [0.05, 0.1) is 11.8 Å². The smallest absolute Gasteiger partial charge is 0.161 e. The van der Waals surface area contributed by atoms with E-state index in [9.17, 15) is 13.2 Å². The normalized spacial score (nSPS) is 29.1. The average molecular weight is 287 g/mol. The largest absolute Gasteiger partial charge is 0.379 e. The Hall–Kier alpha value is -1.23. The van der Waals surface area contributed by atoms with Crippen LogP contribution < -0.4 is 5.32 Å². The van der Waals surface area contributed by atoms with Crippen LogP contribution in [0.4, 0.5) is 18.9 Å². The van der Waals surface area contributed by atoms with Gasteiger partial charge >= 0.3 is 0 Å². The maximum absolute atomic E-state index is 13.7. The fourth-order valence-electron chi connectivity index (χ4n) is 2.79. The molecule has 1 fully saturated rings. The first-order valence-electron chi connectivity index (χ1n) is 6.95. The molecule has 3 atom stereocenters. The molecule has 112 valence electrons. The summed E-state index contributed by atoms with van der Waals surface area (Å²) < 4.78 is 45.4. The summed E-state index contributed by atoms with van der Waals surface area (Å²) in [6.45, 7) is 6.67. The second-order valence-corrected chi connectivity index (χ2v) is 5.48. The molecule has 0 bridgehead atoms. The fourth-order valence-corrected chi connectivity index (χ4v) is 2.79. The van der Waals surface area contributed by atoms with Gasteiger partial charge in [-0.1, -0.05) is 13.8 Å². The summed E-state index contributed by atoms with van der Waals surface area (Å²) in [6, 6.07) is 1.43. The van der Waals surface area contributed by atoms with Crippen molar-refractivity contribution in [2.45, 2.75) is 45.8 Å². The Labute approximate surface area is 117 Å². The molecular weight excluding hydrogens is 267 g/mol. The lowest BCUT2D eigenvalue weighted by Crippen LogP contribution is -2.59. The lowest BCUT2D eigenvalue weighted by atomic mass is 9.61. The summed E-state index contributed by atoms with van der Waals surface area (Å²) in [4.78, 5) is 0. The number of hydrogen-bond donors (Lipinski definition) is 1. The summed E-state index contributed by atoms with van der Waals surface area (Å²) in [7, 11) is 0. The molecule has 0 aliphatic heterocycles. The predicted molar refractivity (Wildman–Crippen MR) is 72.2 cm³/mol. The second kappa shape index (κ2) is 5.64. The van der Waals surface area contributed by atoms with Crippen LogP contribution in [0.3, 0.4) is 0 Å². The van der Waals surface area contributed by atoms with Gasteiger partial charge in [-0.3, -0.25) is 0 Å². The number of benzene rings is 1. The molecule has 0 saturated heterocycles. The minimum atomic E-state index is -1.17. The van der Waals surface area contributed by atoms with E-state index in [0.717, 1.165) is 18.9 Å². The van der Waals surface area contributed by atoms with Gasteiger partial charge in [0, 0.05) is 30.2 Å². The van der Waals surface area contributed by atoms with E-state index < -0.39 is 17.5 Å². The van der Waals surface area contributed by atoms with Crippen molar-refractivity contribution in [3.63, 3.8) is 0 Å². The Kier molecular flexibility index (Phi) is 4.28. The third-order valence-corrected chi connectivity index (χ3v) is 4.45. The first-order chi connectivity index (χ1) is 9.42. The SMILES string of the molecule is CCOC1CC(Nc2cc(F)c(F)cc2F)C1(C)CC. The van der Waals surface area contributed by atoms with Gasteiger partial charge in [-0.05, 0) is 19.8 Å². The van der Waals surface area contributed by atoms with Crippen molar-refractivity contribution in [2.75, 3.05) is 11.9 Å². The molecule has 1 aromatic rings. The molecule has 1 N–H and O–H groups in total. The number of halogens is 3. The highest BCUT2D eigenvalue weighted by Gasteiger charge is 2.51. The van der Waals surface area contributed by atoms with Crippen LogP contribution in [0.1, 0.15) is 33.6 Å². The van der Waals surface area contributed by atoms with Gasteiger partial charge in [0.25, 0.3) is 0 Å². The van der Waals surface area contributed by atoms with Crippen molar-refractivity contribution < 1.29 is 17.9 Å². The molecule has 20 heavy (non-hydrogen) atoms. The summed E-state index contributed by atoms with van der Waals surface area (Å²) in [6.07, 6.45) is 1.71. The number of ether oxygens (including phenoxy) is 1. The zero-order valence-electron chi connectivity index (χ0n) is 12.0. The molecule has 1 aromatic carbocycles. The molecule has 2 rings (SSSR count). The fraction of sp³-hybridized carbons (Fsp3) is 0.600. The van der Waals surface area contributed by atoms with Crippen molar-refractivity contribution >= 4 is 5.69 Å². The molecule has 3 unspecified atom stereocenters. The van der Waals surface area contributed by atoms with Crippen LogP contribution in [0.5, 0.6) is 0 Å². The summed E-state index contributed by atoms with van der Waals surface area (Å²) in [5.41, 5.74) is -0.128. The number of nitrogens with one attached hydrogen (secondary N) is 1. The van der Waals surface area contributed by atoms with Crippen molar-refractivity contribution in [1.82, 2.24) is 0 Å². The Morgan fingerprint density at radius 1 is 1.20 bits per heavy atom. The molecule has 2 nitrogen and oxygen atoms in total. The van der Waals surface area contributed by atoms with Crippen LogP contribution >= 0.6 is 0 Å². The Morgan fingerprint density at radius 2 is 1.85 bits per heavy atom. The Morgan fingerprint density at radius 3 is 2.45 bits per heavy atom. The van der Waals surface area contributed by atoms with Gasteiger partial charge in [-0.25, -0.2) is 13.2 Å². The molecule has 5 heteroatoms. The highest BCUT2D eigenvalue weighted by molar-refractivity contribution is 5.47. The first-order valence-corrected chi connectivity index (χ1v) is 6.95. The predicted octanol–water partition coefficient (Wildman–Crippen LogP) is 4.11. The zero-order chi connectivity index (χ0) is 14.9. The van der Waals surface area contributed by atoms with E-state index >= 15 is 0 Å². The number of anilines is 1. The molecule has 1 aliphatic carbocycles. The monoisotopic (exact) mass is 287 g/mol. The molecule has 0 heterocycles. The molecule has 0 spiro atoms. The van der Waals surface area contributed by atoms with Crippen molar-refractivity contribution in [1.29, 1.82) is 0 Å². The molecule has 1 saturated carbocycles. The van der Waals surface area contributed by atoms with Crippen LogP contribution in [0.15, 0.2) is 12.1 Å². The quantitative estimate of drug-likeness (QED) is 0.823. The zero-order valence-corrected chi connectivity index (χ0v) is 12.0. The maximum atomic E-state index is 13.7. The molecule has 0 amide bonds. The average Bonchev–Trinajstić information content (AvgIpc) is 2.42. The van der Waals surface area contributed by atoms with Gasteiger partial charge in [-0.2, -0.15) is 0 Å². The van der Waals surface area contributed by atoms with Crippen molar-refractivity contribution in [2.24, 2.45) is 5.41 Å². The second-order valence-electron chi connectivity index (χ2n) is 5.48. The highest BCUT2D eigenvalue weighted by Crippen LogP contribution is 2.47. The van der Waals surface area contributed by atoms with Crippen LogP contribution in [-0.4, -0.2) is 18.8 Å². The van der Waals surface area contributed by atoms with Crippen LogP contribution in [0, 0.1) is 22.9 Å². The van der Waals surface area contributed by atoms with E-state index in [4.69, 9.17) is 4.74 Å². The Balaban J connectivity index is 2.13. The van der Waals surface area contributed by atoms with Crippen LogP contribution in [0.25, 0.3) is 0 Å².